The average molecular weight is 433 g/mol. The number of carbonyl (C=O) groups is 1. The van der Waals surface area contributed by atoms with Gasteiger partial charge in [0.05, 0.1) is 6.61 Å². The molecule has 8 heteroatoms. The van der Waals surface area contributed by atoms with Crippen LogP contribution in [0.15, 0.2) is 53.4 Å². The molecule has 2 atom stereocenters. The van der Waals surface area contributed by atoms with Gasteiger partial charge >= 0.3 is 10.1 Å². The zero-order chi connectivity index (χ0) is 21.7. The van der Waals surface area contributed by atoms with E-state index in [4.69, 9.17) is 8.92 Å². The second-order valence-corrected chi connectivity index (χ2v) is 8.97. The molecule has 7 nitrogen and oxygen atoms in total. The number of nitrogens with zero attached hydrogens (tertiary/aromatic N) is 1. The van der Waals surface area contributed by atoms with Crippen LogP contribution in [0.2, 0.25) is 0 Å². The van der Waals surface area contributed by atoms with E-state index in [1.807, 2.05) is 5.01 Å². The fraction of sp³-hybridized carbons (Fsp3) is 0.409. The van der Waals surface area contributed by atoms with Crippen molar-refractivity contribution in [1.82, 2.24) is 10.4 Å². The van der Waals surface area contributed by atoms with Crippen LogP contribution >= 0.6 is 0 Å². The molecule has 0 radical (unpaired) electrons. The van der Waals surface area contributed by atoms with Crippen molar-refractivity contribution < 1.29 is 22.1 Å². The quantitative estimate of drug-likeness (QED) is 0.671. The summed E-state index contributed by atoms with van der Waals surface area (Å²) in [6.07, 6.45) is 3.14. The molecule has 0 aromatic heterocycles. The highest BCUT2D eigenvalue weighted by Gasteiger charge is 2.27. The second-order valence-electron chi connectivity index (χ2n) is 7.42. The lowest BCUT2D eigenvalue weighted by atomic mass is 10.00. The lowest BCUT2D eigenvalue weighted by Crippen LogP contribution is -2.54. The maximum atomic E-state index is 12.8. The fourth-order valence-electron chi connectivity index (χ4n) is 3.58. The minimum atomic E-state index is -4.14. The molecule has 30 heavy (non-hydrogen) atoms. The topological polar surface area (TPSA) is 84.9 Å². The molecule has 0 spiro atoms. The molecule has 2 unspecified atom stereocenters. The third kappa shape index (κ3) is 5.12. The smallest absolute Gasteiger partial charge is 0.339 e. The van der Waals surface area contributed by atoms with Gasteiger partial charge in [-0.05, 0) is 63.9 Å². The number of nitrogens with one attached hydrogen (secondary N) is 1. The predicted octanol–water partition coefficient (Wildman–Crippen LogP) is 3.76. The van der Waals surface area contributed by atoms with Crippen LogP contribution < -0.4 is 14.3 Å². The Labute approximate surface area is 178 Å². The van der Waals surface area contributed by atoms with Gasteiger partial charge in [-0.3, -0.25) is 10.2 Å². The number of amides is 1. The molecule has 2 aromatic carbocycles. The van der Waals surface area contributed by atoms with Gasteiger partial charge in [-0.15, -0.1) is 0 Å². The van der Waals surface area contributed by atoms with E-state index in [1.165, 1.54) is 24.3 Å². The van der Waals surface area contributed by atoms with Crippen molar-refractivity contribution in [3.05, 3.63) is 54.1 Å². The highest BCUT2D eigenvalue weighted by molar-refractivity contribution is 7.87. The summed E-state index contributed by atoms with van der Waals surface area (Å²) in [5, 5.41) is 1.95. The summed E-state index contributed by atoms with van der Waals surface area (Å²) in [4.78, 5) is 12.7. The largest absolute Gasteiger partial charge is 0.490 e. The highest BCUT2D eigenvalue weighted by Crippen LogP contribution is 2.29. The molecule has 1 aliphatic heterocycles. The van der Waals surface area contributed by atoms with Crippen molar-refractivity contribution in [2.24, 2.45) is 0 Å². The number of rotatable bonds is 7. The number of benzene rings is 2. The van der Waals surface area contributed by atoms with Crippen molar-refractivity contribution in [2.45, 2.75) is 57.0 Å². The molecule has 2 aromatic rings. The Morgan fingerprint density at radius 1 is 1.07 bits per heavy atom. The molecule has 0 aliphatic carbocycles. The molecule has 162 valence electrons. The van der Waals surface area contributed by atoms with E-state index in [0.717, 1.165) is 19.3 Å². The van der Waals surface area contributed by atoms with Gasteiger partial charge < -0.3 is 8.92 Å². The summed E-state index contributed by atoms with van der Waals surface area (Å²) in [5.74, 6) is 0.0954. The van der Waals surface area contributed by atoms with Crippen LogP contribution in [0.25, 0.3) is 0 Å². The van der Waals surface area contributed by atoms with E-state index >= 15 is 0 Å². The van der Waals surface area contributed by atoms with Gasteiger partial charge in [0.1, 0.15) is 4.90 Å². The van der Waals surface area contributed by atoms with Crippen LogP contribution in [-0.2, 0) is 10.1 Å². The third-order valence-electron chi connectivity index (χ3n) is 5.16. The van der Waals surface area contributed by atoms with Crippen molar-refractivity contribution in [1.29, 1.82) is 0 Å². The van der Waals surface area contributed by atoms with E-state index in [1.54, 1.807) is 31.2 Å². The average Bonchev–Trinajstić information content (AvgIpc) is 2.72. The van der Waals surface area contributed by atoms with E-state index < -0.39 is 10.1 Å². The number of hydrogen-bond acceptors (Lipinski definition) is 6. The molecule has 1 saturated heterocycles. The molecule has 1 N–H and O–H groups in total. The summed E-state index contributed by atoms with van der Waals surface area (Å²) < 4.78 is 36.3. The van der Waals surface area contributed by atoms with Gasteiger partial charge in [-0.25, -0.2) is 5.01 Å². The Bertz CT molecular complexity index is 983. The Morgan fingerprint density at radius 2 is 1.73 bits per heavy atom. The van der Waals surface area contributed by atoms with Crippen molar-refractivity contribution in [3.63, 3.8) is 0 Å². The number of piperidine rings is 1. The van der Waals surface area contributed by atoms with Crippen LogP contribution in [0, 0.1) is 0 Å². The lowest BCUT2D eigenvalue weighted by molar-refractivity contribution is 0.0369. The first kappa shape index (κ1) is 22.1. The van der Waals surface area contributed by atoms with Gasteiger partial charge in [0.2, 0.25) is 0 Å². The number of hydrazine groups is 1. The molecule has 1 amide bonds. The van der Waals surface area contributed by atoms with Gasteiger partial charge in [-0.2, -0.15) is 8.42 Å². The second kappa shape index (κ2) is 9.49. The van der Waals surface area contributed by atoms with Crippen LogP contribution in [0.4, 0.5) is 0 Å². The van der Waals surface area contributed by atoms with Crippen molar-refractivity contribution >= 4 is 16.0 Å². The molecule has 0 saturated carbocycles. The first-order valence-corrected chi connectivity index (χ1v) is 11.6. The summed E-state index contributed by atoms with van der Waals surface area (Å²) >= 11 is 0. The predicted molar refractivity (Wildman–Crippen MR) is 114 cm³/mol. The summed E-state index contributed by atoms with van der Waals surface area (Å²) in [6.45, 7) is 6.32. The molecule has 1 fully saturated rings. The van der Waals surface area contributed by atoms with Gasteiger partial charge in [-0.1, -0.05) is 24.6 Å². The minimum Gasteiger partial charge on any atom is -0.490 e. The molecule has 0 bridgehead atoms. The Kier molecular flexibility index (Phi) is 6.99. The Morgan fingerprint density at radius 3 is 2.40 bits per heavy atom. The molecular formula is C22H28N2O5S. The summed E-state index contributed by atoms with van der Waals surface area (Å²) in [5.41, 5.74) is 3.18. The maximum absolute atomic E-state index is 12.8. The van der Waals surface area contributed by atoms with Crippen molar-refractivity contribution in [2.75, 3.05) is 6.61 Å². The van der Waals surface area contributed by atoms with Gasteiger partial charge in [0.15, 0.2) is 11.5 Å². The van der Waals surface area contributed by atoms with Crippen LogP contribution in [0.5, 0.6) is 11.5 Å². The Balaban J connectivity index is 1.79. The number of hydrogen-bond donors (Lipinski definition) is 1. The number of ether oxygens (including phenoxy) is 1. The first-order chi connectivity index (χ1) is 14.3. The Hall–Kier alpha value is -2.58. The minimum absolute atomic E-state index is 0.0961. The van der Waals surface area contributed by atoms with Crippen LogP contribution in [0.3, 0.4) is 0 Å². The van der Waals surface area contributed by atoms with Gasteiger partial charge in [0, 0.05) is 17.6 Å². The number of para-hydroxylation sites is 2. The first-order valence-electron chi connectivity index (χ1n) is 10.2. The normalized spacial score (nSPS) is 19.8. The fourth-order valence-corrected chi connectivity index (χ4v) is 4.56. The zero-order valence-electron chi connectivity index (χ0n) is 17.5. The summed E-state index contributed by atoms with van der Waals surface area (Å²) in [7, 11) is -4.14. The molecule has 1 aliphatic rings. The number of carbonyl (C=O) groups excluding carboxylic acids is 1. The van der Waals surface area contributed by atoms with Crippen molar-refractivity contribution in [3.8, 4) is 11.5 Å². The highest BCUT2D eigenvalue weighted by atomic mass is 32.2. The van der Waals surface area contributed by atoms with E-state index in [9.17, 15) is 13.2 Å². The lowest BCUT2D eigenvalue weighted by Gasteiger charge is -2.38. The standard InChI is InChI=1S/C22H28N2O5S/c1-4-28-20-13-5-6-14-21(20)29-30(26,27)19-12-8-11-18(15-19)22(25)23-24-16(2)9-7-10-17(24)3/h5-6,8,11-17H,4,7,9-10H2,1-3H3,(H,23,25). The monoisotopic (exact) mass is 432 g/mol. The molecule has 3 rings (SSSR count). The van der Waals surface area contributed by atoms with E-state index in [2.05, 4.69) is 19.3 Å². The van der Waals surface area contributed by atoms with E-state index in [-0.39, 0.29) is 34.2 Å². The van der Waals surface area contributed by atoms with Crippen LogP contribution in [-0.4, -0.2) is 38.0 Å². The summed E-state index contributed by atoms with van der Waals surface area (Å²) in [6, 6.07) is 12.9. The van der Waals surface area contributed by atoms with Gasteiger partial charge in [0.25, 0.3) is 5.91 Å². The van der Waals surface area contributed by atoms with Crippen LogP contribution in [0.1, 0.15) is 50.4 Å². The molecular weight excluding hydrogens is 404 g/mol. The maximum Gasteiger partial charge on any atom is 0.339 e. The molecule has 1 heterocycles. The van der Waals surface area contributed by atoms with E-state index in [0.29, 0.717) is 12.4 Å². The zero-order valence-corrected chi connectivity index (χ0v) is 18.3. The SMILES string of the molecule is CCOc1ccccc1OS(=O)(=O)c1cccc(C(=O)NN2C(C)CCCC2C)c1. The third-order valence-corrected chi connectivity index (χ3v) is 6.39.